The maximum Gasteiger partial charge on any atom is 0.404 e. The Labute approximate surface area is 164 Å². The highest BCUT2D eigenvalue weighted by molar-refractivity contribution is 5.92. The lowest BCUT2D eigenvalue weighted by Gasteiger charge is -2.33. The van der Waals surface area contributed by atoms with Crippen LogP contribution in [0.1, 0.15) is 6.42 Å². The van der Waals surface area contributed by atoms with Crippen LogP contribution in [0.2, 0.25) is 0 Å². The summed E-state index contributed by atoms with van der Waals surface area (Å²) in [5.74, 6) is 1.64. The Morgan fingerprint density at radius 2 is 1.96 bits per heavy atom. The van der Waals surface area contributed by atoms with Crippen molar-refractivity contribution in [3.8, 4) is 0 Å². The van der Waals surface area contributed by atoms with Gasteiger partial charge in [0.1, 0.15) is 11.9 Å². The first kappa shape index (κ1) is 18.5. The first-order chi connectivity index (χ1) is 13.5. The zero-order valence-corrected chi connectivity index (χ0v) is 16.4. The first-order valence-corrected chi connectivity index (χ1v) is 9.67. The van der Waals surface area contributed by atoms with E-state index in [1.165, 1.54) is 0 Å². The number of hydrogen-bond acceptors (Lipinski definition) is 8. The average Bonchev–Trinajstić information content (AvgIpc) is 3.14. The molecule has 9 heteroatoms. The first-order valence-electron chi connectivity index (χ1n) is 9.67. The van der Waals surface area contributed by atoms with Gasteiger partial charge in [0.15, 0.2) is 0 Å². The normalized spacial score (nSPS) is 20.6. The number of fused-ring (bicyclic) bond motifs is 1. The average molecular weight is 385 g/mol. The predicted octanol–water partition coefficient (Wildman–Crippen LogP) is 1.10. The number of nitrogens with two attached hydrogens (primary N) is 1. The fraction of sp³-hybridized carbons (Fsp3) is 0.526. The van der Waals surface area contributed by atoms with Gasteiger partial charge in [-0.2, -0.15) is 4.98 Å². The van der Waals surface area contributed by atoms with E-state index in [4.69, 9.17) is 20.4 Å². The summed E-state index contributed by atoms with van der Waals surface area (Å²) >= 11 is 0. The number of carbonyl (C=O) groups excluding carboxylic acids is 1. The van der Waals surface area contributed by atoms with E-state index in [9.17, 15) is 4.79 Å². The molecule has 1 atom stereocenters. The predicted molar refractivity (Wildman–Crippen MR) is 110 cm³/mol. The standard InChI is InChI=1S/C19H27N7O2/c1-21-13-3-4-15-16(11-13)22-19(25-9-7-24(2)8-10-25)23-17(15)26-6-5-14(12-26)28-18(20)27/h3-4,11,14,21H,5-10,12H2,1-2H3,(H2,20,27). The Hall–Kier alpha value is -2.81. The van der Waals surface area contributed by atoms with Gasteiger partial charge in [-0.25, -0.2) is 9.78 Å². The number of aromatic nitrogens is 2. The largest absolute Gasteiger partial charge is 0.444 e. The quantitative estimate of drug-likeness (QED) is 0.807. The molecule has 2 aromatic rings. The molecule has 0 spiro atoms. The molecule has 1 amide bonds. The highest BCUT2D eigenvalue weighted by atomic mass is 16.6. The summed E-state index contributed by atoms with van der Waals surface area (Å²) in [5, 5.41) is 4.17. The van der Waals surface area contributed by atoms with E-state index in [-0.39, 0.29) is 6.10 Å². The summed E-state index contributed by atoms with van der Waals surface area (Å²) in [6.07, 6.45) is -0.185. The lowest BCUT2D eigenvalue weighted by Crippen LogP contribution is -2.45. The smallest absolute Gasteiger partial charge is 0.404 e. The zero-order valence-electron chi connectivity index (χ0n) is 16.4. The van der Waals surface area contributed by atoms with E-state index >= 15 is 0 Å². The minimum Gasteiger partial charge on any atom is -0.444 e. The number of amides is 1. The summed E-state index contributed by atoms with van der Waals surface area (Å²) in [7, 11) is 4.03. The van der Waals surface area contributed by atoms with Crippen LogP contribution in [0, 0.1) is 0 Å². The maximum atomic E-state index is 11.1. The summed E-state index contributed by atoms with van der Waals surface area (Å²) in [4.78, 5) is 27.6. The van der Waals surface area contributed by atoms with Crippen LogP contribution >= 0.6 is 0 Å². The molecule has 28 heavy (non-hydrogen) atoms. The molecule has 2 fully saturated rings. The Balaban J connectivity index is 1.70. The van der Waals surface area contributed by atoms with E-state index in [1.807, 2.05) is 25.2 Å². The van der Waals surface area contributed by atoms with Gasteiger partial charge in [-0.15, -0.1) is 0 Å². The van der Waals surface area contributed by atoms with Crippen molar-refractivity contribution in [2.24, 2.45) is 5.73 Å². The Morgan fingerprint density at radius 1 is 1.18 bits per heavy atom. The van der Waals surface area contributed by atoms with E-state index in [1.54, 1.807) is 0 Å². The summed E-state index contributed by atoms with van der Waals surface area (Å²) < 4.78 is 5.20. The number of anilines is 3. The molecule has 2 aliphatic rings. The molecule has 3 heterocycles. The molecular formula is C19H27N7O2. The molecule has 0 bridgehead atoms. The number of rotatable bonds is 4. The highest BCUT2D eigenvalue weighted by Gasteiger charge is 2.28. The molecule has 1 unspecified atom stereocenters. The summed E-state index contributed by atoms with van der Waals surface area (Å²) in [5.41, 5.74) is 7.11. The minimum absolute atomic E-state index is 0.203. The number of primary amides is 1. The zero-order chi connectivity index (χ0) is 19.7. The number of benzene rings is 1. The number of hydrogen-bond donors (Lipinski definition) is 2. The molecule has 1 aromatic carbocycles. The lowest BCUT2D eigenvalue weighted by atomic mass is 10.2. The van der Waals surface area contributed by atoms with Gasteiger partial charge >= 0.3 is 6.09 Å². The van der Waals surface area contributed by atoms with E-state index in [2.05, 4.69) is 27.1 Å². The molecule has 0 saturated carbocycles. The van der Waals surface area contributed by atoms with Crippen molar-refractivity contribution in [1.29, 1.82) is 0 Å². The molecule has 0 radical (unpaired) electrons. The second-order valence-electron chi connectivity index (χ2n) is 7.41. The number of ether oxygens (including phenoxy) is 1. The highest BCUT2D eigenvalue weighted by Crippen LogP contribution is 2.31. The van der Waals surface area contributed by atoms with Crippen molar-refractivity contribution in [3.63, 3.8) is 0 Å². The molecule has 2 aliphatic heterocycles. The molecule has 4 rings (SSSR count). The van der Waals surface area contributed by atoms with Crippen LogP contribution < -0.4 is 20.9 Å². The van der Waals surface area contributed by atoms with Gasteiger partial charge in [0.05, 0.1) is 12.1 Å². The van der Waals surface area contributed by atoms with Crippen LogP contribution in [0.25, 0.3) is 10.9 Å². The van der Waals surface area contributed by atoms with Crippen LogP contribution in [0.5, 0.6) is 0 Å². The third kappa shape index (κ3) is 3.75. The van der Waals surface area contributed by atoms with Crippen LogP contribution in [0.3, 0.4) is 0 Å². The summed E-state index contributed by atoms with van der Waals surface area (Å²) in [6, 6.07) is 6.12. The van der Waals surface area contributed by atoms with E-state index < -0.39 is 6.09 Å². The number of likely N-dealkylation sites (N-methyl/N-ethyl adjacent to an activating group) is 1. The molecule has 3 N–H and O–H groups in total. The van der Waals surface area contributed by atoms with Crippen LogP contribution in [-0.2, 0) is 4.74 Å². The van der Waals surface area contributed by atoms with Crippen molar-refractivity contribution in [3.05, 3.63) is 18.2 Å². The van der Waals surface area contributed by atoms with Crippen molar-refractivity contribution in [2.75, 3.05) is 68.5 Å². The fourth-order valence-corrected chi connectivity index (χ4v) is 3.83. The van der Waals surface area contributed by atoms with Gasteiger partial charge in [0.25, 0.3) is 0 Å². The van der Waals surface area contributed by atoms with Crippen LogP contribution in [-0.4, -0.2) is 80.4 Å². The van der Waals surface area contributed by atoms with Gasteiger partial charge in [0, 0.05) is 57.3 Å². The molecular weight excluding hydrogens is 358 g/mol. The van der Waals surface area contributed by atoms with Crippen molar-refractivity contribution >= 4 is 34.4 Å². The number of piperazine rings is 1. The lowest BCUT2D eigenvalue weighted by molar-refractivity contribution is 0.117. The van der Waals surface area contributed by atoms with Gasteiger partial charge in [-0.1, -0.05) is 0 Å². The minimum atomic E-state index is -0.726. The second-order valence-corrected chi connectivity index (χ2v) is 7.41. The van der Waals surface area contributed by atoms with Gasteiger partial charge in [-0.05, 0) is 25.2 Å². The fourth-order valence-electron chi connectivity index (χ4n) is 3.83. The number of carbonyl (C=O) groups is 1. The monoisotopic (exact) mass is 385 g/mol. The maximum absolute atomic E-state index is 11.1. The van der Waals surface area contributed by atoms with E-state index in [0.717, 1.165) is 67.5 Å². The molecule has 150 valence electrons. The molecule has 1 aromatic heterocycles. The molecule has 2 saturated heterocycles. The molecule has 9 nitrogen and oxygen atoms in total. The Kier molecular flexibility index (Phi) is 5.08. The third-order valence-corrected chi connectivity index (χ3v) is 5.47. The van der Waals surface area contributed by atoms with Gasteiger partial charge < -0.3 is 30.5 Å². The topological polar surface area (TPSA) is 99.8 Å². The van der Waals surface area contributed by atoms with Crippen LogP contribution in [0.4, 0.5) is 22.2 Å². The SMILES string of the molecule is CNc1ccc2c(N3CCC(OC(N)=O)C3)nc(N3CCN(C)CC3)nc2c1. The second kappa shape index (κ2) is 7.67. The van der Waals surface area contributed by atoms with Crippen molar-refractivity contribution < 1.29 is 9.53 Å². The third-order valence-electron chi connectivity index (χ3n) is 5.47. The van der Waals surface area contributed by atoms with Crippen molar-refractivity contribution in [2.45, 2.75) is 12.5 Å². The van der Waals surface area contributed by atoms with Crippen molar-refractivity contribution in [1.82, 2.24) is 14.9 Å². The van der Waals surface area contributed by atoms with Gasteiger partial charge in [-0.3, -0.25) is 0 Å². The number of nitrogens with zero attached hydrogens (tertiary/aromatic N) is 5. The van der Waals surface area contributed by atoms with Gasteiger partial charge in [0.2, 0.25) is 5.95 Å². The summed E-state index contributed by atoms with van der Waals surface area (Å²) in [6.45, 7) is 5.14. The Bertz CT molecular complexity index is 867. The number of nitrogens with one attached hydrogen (secondary N) is 1. The van der Waals surface area contributed by atoms with E-state index in [0.29, 0.717) is 6.54 Å². The molecule has 0 aliphatic carbocycles. The Morgan fingerprint density at radius 3 is 2.68 bits per heavy atom. The van der Waals surface area contributed by atoms with Crippen LogP contribution in [0.15, 0.2) is 18.2 Å².